The third-order valence-corrected chi connectivity index (χ3v) is 3.05. The van der Waals surface area contributed by atoms with E-state index in [9.17, 15) is 4.79 Å². The number of ether oxygens (including phenoxy) is 1. The Morgan fingerprint density at radius 1 is 1.50 bits per heavy atom. The molecule has 2 rings (SSSR count). The van der Waals surface area contributed by atoms with Crippen molar-refractivity contribution < 1.29 is 9.53 Å². The predicted octanol–water partition coefficient (Wildman–Crippen LogP) is 3.53. The van der Waals surface area contributed by atoms with Gasteiger partial charge in [-0.15, -0.1) is 0 Å². The number of pyridine rings is 1. The van der Waals surface area contributed by atoms with Crippen LogP contribution in [0, 0.1) is 0 Å². The minimum atomic E-state index is -0.478. The lowest BCUT2D eigenvalue weighted by Gasteiger charge is -2.31. The Kier molecular flexibility index (Phi) is 3.61. The largest absolute Gasteiger partial charge is 0.443 e. The van der Waals surface area contributed by atoms with Gasteiger partial charge in [0.15, 0.2) is 0 Å². The number of hydrogen-bond donors (Lipinski definition) is 0. The average Bonchev–Trinajstić information content (AvgIpc) is 2.25. The highest BCUT2D eigenvalue weighted by Crippen LogP contribution is 2.29. The number of nitrogens with zero attached hydrogens (tertiary/aromatic N) is 2. The highest BCUT2D eigenvalue weighted by molar-refractivity contribution is 9.10. The van der Waals surface area contributed by atoms with Gasteiger partial charge < -0.3 is 4.74 Å². The zero-order valence-electron chi connectivity index (χ0n) is 10.9. The number of fused-ring (bicyclic) bond motifs is 1. The van der Waals surface area contributed by atoms with Crippen LogP contribution in [-0.4, -0.2) is 23.2 Å². The summed E-state index contributed by atoms with van der Waals surface area (Å²) in [5, 5.41) is 0. The lowest BCUT2D eigenvalue weighted by atomic mass is 10.1. The Morgan fingerprint density at radius 3 is 2.89 bits per heavy atom. The summed E-state index contributed by atoms with van der Waals surface area (Å²) in [6, 6.07) is 1.92. The van der Waals surface area contributed by atoms with Crippen molar-refractivity contribution in [1.29, 1.82) is 0 Å². The first kappa shape index (κ1) is 13.3. The zero-order valence-corrected chi connectivity index (χ0v) is 12.5. The van der Waals surface area contributed by atoms with Crippen molar-refractivity contribution in [3.8, 4) is 0 Å². The van der Waals surface area contributed by atoms with Gasteiger partial charge >= 0.3 is 6.09 Å². The maximum absolute atomic E-state index is 12.1. The molecule has 0 aromatic carbocycles. The lowest BCUT2D eigenvalue weighted by Crippen LogP contribution is -2.40. The van der Waals surface area contributed by atoms with Crippen LogP contribution >= 0.6 is 15.9 Å². The van der Waals surface area contributed by atoms with Crippen LogP contribution in [0.3, 0.4) is 0 Å². The van der Waals surface area contributed by atoms with Crippen LogP contribution in [0.5, 0.6) is 0 Å². The van der Waals surface area contributed by atoms with E-state index in [1.807, 2.05) is 26.8 Å². The summed E-state index contributed by atoms with van der Waals surface area (Å²) in [7, 11) is 0. The molecule has 18 heavy (non-hydrogen) atoms. The maximum Gasteiger partial charge on any atom is 0.414 e. The Hall–Kier alpha value is -1.10. The lowest BCUT2D eigenvalue weighted by molar-refractivity contribution is 0.0577. The van der Waals surface area contributed by atoms with Gasteiger partial charge in [-0.25, -0.2) is 4.79 Å². The number of halogens is 1. The van der Waals surface area contributed by atoms with Gasteiger partial charge in [0.25, 0.3) is 0 Å². The van der Waals surface area contributed by atoms with Crippen molar-refractivity contribution >= 4 is 27.7 Å². The van der Waals surface area contributed by atoms with Gasteiger partial charge in [-0.2, -0.15) is 0 Å². The number of amides is 1. The van der Waals surface area contributed by atoms with Gasteiger partial charge in [-0.1, -0.05) is 0 Å². The molecule has 1 aliphatic heterocycles. The molecule has 0 fully saturated rings. The molecule has 1 aromatic heterocycles. The van der Waals surface area contributed by atoms with E-state index in [4.69, 9.17) is 4.74 Å². The summed E-state index contributed by atoms with van der Waals surface area (Å²) in [6.07, 6.45) is 3.28. The van der Waals surface area contributed by atoms with Gasteiger partial charge in [-0.05, 0) is 55.6 Å². The average molecular weight is 313 g/mol. The molecular formula is C13H17BrN2O2. The number of hydrogen-bond acceptors (Lipinski definition) is 3. The van der Waals surface area contributed by atoms with E-state index in [0.717, 1.165) is 28.7 Å². The Labute approximate surface area is 115 Å². The Morgan fingerprint density at radius 2 is 2.22 bits per heavy atom. The number of rotatable bonds is 0. The van der Waals surface area contributed by atoms with Crippen molar-refractivity contribution in [1.82, 2.24) is 4.98 Å². The molecule has 0 unspecified atom stereocenters. The van der Waals surface area contributed by atoms with E-state index in [-0.39, 0.29) is 6.09 Å². The van der Waals surface area contributed by atoms with Crippen LogP contribution in [-0.2, 0) is 11.2 Å². The molecule has 0 saturated heterocycles. The van der Waals surface area contributed by atoms with E-state index in [1.54, 1.807) is 11.1 Å². The van der Waals surface area contributed by atoms with Gasteiger partial charge in [-0.3, -0.25) is 9.88 Å². The summed E-state index contributed by atoms with van der Waals surface area (Å²) in [5.41, 5.74) is 1.33. The fraction of sp³-hybridized carbons (Fsp3) is 0.538. The fourth-order valence-corrected chi connectivity index (χ4v) is 2.23. The third kappa shape index (κ3) is 3.02. The highest BCUT2D eigenvalue weighted by atomic mass is 79.9. The molecule has 0 radical (unpaired) electrons. The number of carbonyl (C=O) groups excluding carboxylic acids is 1. The molecule has 0 atom stereocenters. The van der Waals surface area contributed by atoms with Crippen molar-refractivity contribution in [2.45, 2.75) is 39.2 Å². The second kappa shape index (κ2) is 4.88. The first-order chi connectivity index (χ1) is 8.37. The summed E-state index contributed by atoms with van der Waals surface area (Å²) < 4.78 is 6.29. The molecule has 4 nitrogen and oxygen atoms in total. The Bertz CT molecular complexity index is 469. The van der Waals surface area contributed by atoms with Crippen LogP contribution in [0.15, 0.2) is 16.7 Å². The van der Waals surface area contributed by atoms with Crippen LogP contribution < -0.4 is 4.90 Å². The van der Waals surface area contributed by atoms with E-state index < -0.39 is 5.60 Å². The first-order valence-corrected chi connectivity index (χ1v) is 6.81. The van der Waals surface area contributed by atoms with E-state index in [0.29, 0.717) is 6.54 Å². The smallest absolute Gasteiger partial charge is 0.414 e. The van der Waals surface area contributed by atoms with Crippen LogP contribution in [0.1, 0.15) is 32.9 Å². The standard InChI is InChI=1S/C13H17BrN2O2/c1-13(2,3)18-12(17)16-6-4-5-10-11(16)7-9(14)8-15-10/h7-8H,4-6H2,1-3H3. The van der Waals surface area contributed by atoms with Crippen LogP contribution in [0.2, 0.25) is 0 Å². The van der Waals surface area contributed by atoms with Crippen LogP contribution in [0.25, 0.3) is 0 Å². The molecule has 98 valence electrons. The quantitative estimate of drug-likeness (QED) is 0.736. The maximum atomic E-state index is 12.1. The molecule has 0 spiro atoms. The van der Waals surface area contributed by atoms with E-state index in [1.165, 1.54) is 0 Å². The predicted molar refractivity (Wildman–Crippen MR) is 73.8 cm³/mol. The van der Waals surface area contributed by atoms with Crippen molar-refractivity contribution in [3.05, 3.63) is 22.4 Å². The second-order valence-corrected chi connectivity index (χ2v) is 6.27. The number of aromatic nitrogens is 1. The Balaban J connectivity index is 2.27. The topological polar surface area (TPSA) is 42.4 Å². The molecule has 5 heteroatoms. The molecular weight excluding hydrogens is 296 g/mol. The normalized spacial score (nSPS) is 15.2. The minimum Gasteiger partial charge on any atom is -0.443 e. The van der Waals surface area contributed by atoms with Gasteiger partial charge in [0.2, 0.25) is 0 Å². The van der Waals surface area contributed by atoms with Crippen molar-refractivity contribution in [2.24, 2.45) is 0 Å². The summed E-state index contributed by atoms with van der Waals surface area (Å²) in [6.45, 7) is 6.29. The molecule has 2 heterocycles. The monoisotopic (exact) mass is 312 g/mol. The fourth-order valence-electron chi connectivity index (χ4n) is 1.91. The van der Waals surface area contributed by atoms with Gasteiger partial charge in [0.1, 0.15) is 5.60 Å². The molecule has 0 bridgehead atoms. The molecule has 1 aromatic rings. The number of anilines is 1. The molecule has 0 aliphatic carbocycles. The molecule has 1 amide bonds. The zero-order chi connectivity index (χ0) is 13.3. The first-order valence-electron chi connectivity index (χ1n) is 6.02. The summed E-state index contributed by atoms with van der Waals surface area (Å²) in [4.78, 5) is 18.2. The van der Waals surface area contributed by atoms with E-state index in [2.05, 4.69) is 20.9 Å². The highest BCUT2D eigenvalue weighted by Gasteiger charge is 2.27. The van der Waals surface area contributed by atoms with Crippen LogP contribution in [0.4, 0.5) is 10.5 Å². The SMILES string of the molecule is CC(C)(C)OC(=O)N1CCCc2ncc(Br)cc21. The minimum absolute atomic E-state index is 0.302. The van der Waals surface area contributed by atoms with E-state index >= 15 is 0 Å². The number of aryl methyl sites for hydroxylation is 1. The summed E-state index contributed by atoms with van der Waals surface area (Å²) in [5.74, 6) is 0. The third-order valence-electron chi connectivity index (χ3n) is 2.61. The molecule has 0 N–H and O–H groups in total. The molecule has 1 aliphatic rings. The van der Waals surface area contributed by atoms with Crippen molar-refractivity contribution in [3.63, 3.8) is 0 Å². The van der Waals surface area contributed by atoms with Gasteiger partial charge in [0.05, 0.1) is 11.4 Å². The van der Waals surface area contributed by atoms with Crippen molar-refractivity contribution in [2.75, 3.05) is 11.4 Å². The number of carbonyl (C=O) groups is 1. The summed E-state index contributed by atoms with van der Waals surface area (Å²) >= 11 is 3.39. The molecule has 0 saturated carbocycles. The van der Waals surface area contributed by atoms with Gasteiger partial charge in [0, 0.05) is 17.2 Å². The second-order valence-electron chi connectivity index (χ2n) is 5.35.